The molecule has 2 aromatic carbocycles. The zero-order valence-corrected chi connectivity index (χ0v) is 24.3. The summed E-state index contributed by atoms with van der Waals surface area (Å²) in [6.07, 6.45) is 1.58. The molecule has 0 N–H and O–H groups in total. The number of methoxy groups -OCH3 is 2. The van der Waals surface area contributed by atoms with Crippen LogP contribution in [0.5, 0.6) is 11.5 Å². The minimum atomic E-state index is -0.896. The Morgan fingerprint density at radius 2 is 1.93 bits per heavy atom. The number of benzene rings is 2. The molecule has 4 aromatic rings. The zero-order valence-electron chi connectivity index (χ0n) is 23.5. The number of fused-ring (bicyclic) bond motifs is 1. The summed E-state index contributed by atoms with van der Waals surface area (Å²) in [7, 11) is 3.03. The van der Waals surface area contributed by atoms with Crippen molar-refractivity contribution < 1.29 is 28.3 Å². The first kappa shape index (κ1) is 28.6. The third kappa shape index (κ3) is 5.12. The van der Waals surface area contributed by atoms with Crippen molar-refractivity contribution in [2.75, 3.05) is 20.8 Å². The van der Waals surface area contributed by atoms with Crippen LogP contribution in [0.3, 0.4) is 0 Å². The largest absolute Gasteiger partial charge is 0.497 e. The van der Waals surface area contributed by atoms with Crippen LogP contribution in [-0.2, 0) is 9.53 Å². The van der Waals surface area contributed by atoms with Crippen LogP contribution in [0.25, 0.3) is 17.4 Å². The molecule has 216 valence electrons. The van der Waals surface area contributed by atoms with Crippen LogP contribution in [0.4, 0.5) is 5.69 Å². The molecule has 0 saturated heterocycles. The number of aromatic nitrogens is 1. The van der Waals surface area contributed by atoms with Crippen molar-refractivity contribution >= 4 is 29.1 Å². The summed E-state index contributed by atoms with van der Waals surface area (Å²) in [5, 5.41) is 11.4. The van der Waals surface area contributed by atoms with Gasteiger partial charge in [-0.15, -0.1) is 0 Å². The Morgan fingerprint density at radius 1 is 1.14 bits per heavy atom. The molecule has 5 rings (SSSR count). The number of nitrogens with zero attached hydrogens (tertiary/aromatic N) is 3. The molecular weight excluding hydrogens is 562 g/mol. The molecule has 0 bridgehead atoms. The Labute approximate surface area is 243 Å². The molecule has 0 saturated carbocycles. The van der Waals surface area contributed by atoms with Gasteiger partial charge in [-0.25, -0.2) is 9.79 Å². The minimum Gasteiger partial charge on any atom is -0.497 e. The molecule has 1 atom stereocenters. The van der Waals surface area contributed by atoms with Gasteiger partial charge in [0.1, 0.15) is 29.1 Å². The fourth-order valence-corrected chi connectivity index (χ4v) is 5.84. The van der Waals surface area contributed by atoms with E-state index in [2.05, 4.69) is 4.99 Å². The van der Waals surface area contributed by atoms with E-state index in [9.17, 15) is 19.7 Å². The number of hydrogen-bond acceptors (Lipinski definition) is 10. The van der Waals surface area contributed by atoms with Gasteiger partial charge in [0, 0.05) is 28.8 Å². The predicted molar refractivity (Wildman–Crippen MR) is 155 cm³/mol. The van der Waals surface area contributed by atoms with Crippen molar-refractivity contribution in [3.63, 3.8) is 0 Å². The molecule has 0 spiro atoms. The maximum atomic E-state index is 13.9. The summed E-state index contributed by atoms with van der Waals surface area (Å²) in [6, 6.07) is 12.5. The second kappa shape index (κ2) is 11.5. The highest BCUT2D eigenvalue weighted by Crippen LogP contribution is 2.38. The summed E-state index contributed by atoms with van der Waals surface area (Å²) in [5.74, 6) is 1.16. The van der Waals surface area contributed by atoms with Gasteiger partial charge in [0.15, 0.2) is 4.80 Å². The highest BCUT2D eigenvalue weighted by atomic mass is 32.1. The topological polar surface area (TPSA) is 135 Å². The Bertz CT molecular complexity index is 1930. The van der Waals surface area contributed by atoms with Gasteiger partial charge in [-0.1, -0.05) is 23.5 Å². The fourth-order valence-electron chi connectivity index (χ4n) is 4.81. The minimum absolute atomic E-state index is 0.0143. The summed E-state index contributed by atoms with van der Waals surface area (Å²) < 4.78 is 24.1. The lowest BCUT2D eigenvalue weighted by atomic mass is 9.95. The molecule has 1 aliphatic heterocycles. The van der Waals surface area contributed by atoms with Gasteiger partial charge < -0.3 is 18.6 Å². The first-order valence-electron chi connectivity index (χ1n) is 12.9. The lowest BCUT2D eigenvalue weighted by Gasteiger charge is -2.26. The number of thiazole rings is 1. The number of hydrogen-bond donors (Lipinski definition) is 0. The van der Waals surface area contributed by atoms with Gasteiger partial charge in [0.25, 0.3) is 11.2 Å². The van der Waals surface area contributed by atoms with E-state index in [1.165, 1.54) is 24.9 Å². The van der Waals surface area contributed by atoms with Gasteiger partial charge >= 0.3 is 5.97 Å². The summed E-state index contributed by atoms with van der Waals surface area (Å²) >= 11 is 1.14. The van der Waals surface area contributed by atoms with Gasteiger partial charge in [-0.05, 0) is 51.1 Å². The third-order valence-electron chi connectivity index (χ3n) is 6.84. The van der Waals surface area contributed by atoms with E-state index in [1.54, 1.807) is 69.3 Å². The maximum Gasteiger partial charge on any atom is 0.338 e. The number of carbonyl (C=O) groups excluding carboxylic acids is 1. The predicted octanol–water partition coefficient (Wildman–Crippen LogP) is 4.29. The summed E-state index contributed by atoms with van der Waals surface area (Å²) in [4.78, 5) is 43.1. The lowest BCUT2D eigenvalue weighted by Crippen LogP contribution is -2.40. The Balaban J connectivity index is 1.66. The number of aryl methyl sites for hydroxylation is 1. The zero-order chi connectivity index (χ0) is 30.1. The molecule has 0 unspecified atom stereocenters. The van der Waals surface area contributed by atoms with Crippen LogP contribution < -0.4 is 24.4 Å². The number of allylic oxidation sites excluding steroid dienone is 1. The number of nitro groups is 1. The number of ether oxygens (including phenoxy) is 3. The molecule has 11 nitrogen and oxygen atoms in total. The van der Waals surface area contributed by atoms with Gasteiger partial charge in [0.2, 0.25) is 0 Å². The van der Waals surface area contributed by atoms with Crippen LogP contribution in [0.15, 0.2) is 74.0 Å². The second-order valence-electron chi connectivity index (χ2n) is 9.37. The normalized spacial score (nSPS) is 14.8. The van der Waals surface area contributed by atoms with E-state index in [0.29, 0.717) is 54.7 Å². The first-order valence-corrected chi connectivity index (χ1v) is 13.7. The van der Waals surface area contributed by atoms with E-state index in [-0.39, 0.29) is 17.9 Å². The monoisotopic (exact) mass is 589 g/mol. The number of rotatable bonds is 8. The van der Waals surface area contributed by atoms with E-state index in [1.807, 2.05) is 0 Å². The molecule has 1 aliphatic rings. The summed E-state index contributed by atoms with van der Waals surface area (Å²) in [5.41, 5.74) is 1.82. The fraction of sp³-hybridized carbons (Fsp3) is 0.233. The maximum absolute atomic E-state index is 13.9. The second-order valence-corrected chi connectivity index (χ2v) is 10.4. The molecule has 0 aliphatic carbocycles. The van der Waals surface area contributed by atoms with E-state index in [4.69, 9.17) is 18.6 Å². The molecule has 0 radical (unpaired) electrons. The third-order valence-corrected chi connectivity index (χ3v) is 7.82. The SMILES string of the molecule is CCOC(=O)C1=C(C)N=c2s/c(=C/c3ccc(-c4ccc(C)c([N+](=O)[O-])c4)o3)c(=O)n2[C@H]1c1cc(OC)ccc1OC. The van der Waals surface area contributed by atoms with Gasteiger partial charge in [0.05, 0.1) is 41.6 Å². The number of esters is 1. The van der Waals surface area contributed by atoms with Crippen LogP contribution in [-0.4, -0.2) is 36.3 Å². The van der Waals surface area contributed by atoms with Crippen LogP contribution >= 0.6 is 11.3 Å². The van der Waals surface area contributed by atoms with Crippen molar-refractivity contribution in [3.05, 3.63) is 106 Å². The molecule has 0 amide bonds. The number of furan rings is 1. The molecule has 3 heterocycles. The number of carbonyl (C=O) groups is 1. The van der Waals surface area contributed by atoms with Crippen molar-refractivity contribution in [1.82, 2.24) is 4.57 Å². The quantitative estimate of drug-likeness (QED) is 0.169. The molecular formula is C30H27N3O8S. The standard InChI is InChI=1S/C30H27N3O8S/c1-6-40-29(35)26-17(3)31-30-32(27(26)21-14-19(38-4)9-12-24(21)39-5)28(34)25(42-30)15-20-10-11-23(41-20)18-8-7-16(2)22(13-18)33(36)37/h7-15,27H,6H2,1-5H3/b25-15+/t27-/m0/s1. The van der Waals surface area contributed by atoms with E-state index in [0.717, 1.165) is 11.3 Å². The Morgan fingerprint density at radius 3 is 2.62 bits per heavy atom. The van der Waals surface area contributed by atoms with Gasteiger partial charge in [-0.2, -0.15) is 0 Å². The number of nitro benzene ring substituents is 1. The first-order chi connectivity index (χ1) is 20.2. The van der Waals surface area contributed by atoms with Crippen LogP contribution in [0.1, 0.15) is 36.8 Å². The Hall–Kier alpha value is -4.97. The Kier molecular flexibility index (Phi) is 7.81. The van der Waals surface area contributed by atoms with Crippen molar-refractivity contribution in [2.45, 2.75) is 26.8 Å². The smallest absolute Gasteiger partial charge is 0.338 e. The molecule has 42 heavy (non-hydrogen) atoms. The average molecular weight is 590 g/mol. The summed E-state index contributed by atoms with van der Waals surface area (Å²) in [6.45, 7) is 5.21. The highest BCUT2D eigenvalue weighted by molar-refractivity contribution is 7.07. The van der Waals surface area contributed by atoms with Crippen LogP contribution in [0.2, 0.25) is 0 Å². The molecule has 0 fully saturated rings. The van der Waals surface area contributed by atoms with Crippen molar-refractivity contribution in [3.8, 4) is 22.8 Å². The van der Waals surface area contributed by atoms with E-state index < -0.39 is 22.5 Å². The molecule has 2 aromatic heterocycles. The van der Waals surface area contributed by atoms with Crippen molar-refractivity contribution in [1.29, 1.82) is 0 Å². The highest BCUT2D eigenvalue weighted by Gasteiger charge is 2.35. The van der Waals surface area contributed by atoms with Crippen LogP contribution in [0, 0.1) is 17.0 Å². The van der Waals surface area contributed by atoms with Crippen molar-refractivity contribution in [2.24, 2.45) is 4.99 Å². The average Bonchev–Trinajstić information content (AvgIpc) is 3.56. The van der Waals surface area contributed by atoms with Gasteiger partial charge in [-0.3, -0.25) is 19.5 Å². The lowest BCUT2D eigenvalue weighted by molar-refractivity contribution is -0.385. The molecule has 12 heteroatoms. The van der Waals surface area contributed by atoms with E-state index >= 15 is 0 Å².